The number of halogens is 4. The topological polar surface area (TPSA) is 87.4 Å². The molecular formula is C22H20F4N4O4. The molecule has 1 atom stereocenters. The first-order valence-electron chi connectivity index (χ1n) is 10.3. The molecule has 1 aromatic heterocycles. The third-order valence-corrected chi connectivity index (χ3v) is 5.31. The molecule has 1 aliphatic heterocycles. The van der Waals surface area contributed by atoms with Gasteiger partial charge in [0, 0.05) is 11.8 Å². The van der Waals surface area contributed by atoms with E-state index in [9.17, 15) is 22.8 Å². The summed E-state index contributed by atoms with van der Waals surface area (Å²) in [5, 5.41) is 6.57. The molecule has 0 spiro atoms. The monoisotopic (exact) mass is 480 g/mol. The largest absolute Gasteiger partial charge is 0.480 e. The number of carbonyl (C=O) groups is 1. The normalized spacial score (nSPS) is 14.4. The van der Waals surface area contributed by atoms with Crippen LogP contribution < -0.4 is 15.7 Å². The number of hydrogen-bond donors (Lipinski definition) is 1. The lowest BCUT2D eigenvalue weighted by atomic mass is 10.1. The number of hydrogen-bond acceptors (Lipinski definition) is 5. The van der Waals surface area contributed by atoms with Gasteiger partial charge in [0.05, 0.1) is 18.7 Å². The number of carbonyl (C=O) groups excluding carboxylic acids is 1. The molecule has 8 nitrogen and oxygen atoms in total. The van der Waals surface area contributed by atoms with Crippen molar-refractivity contribution in [3.05, 3.63) is 69.7 Å². The quantitative estimate of drug-likeness (QED) is 0.564. The Hall–Kier alpha value is -3.67. The number of nitrogens with zero attached hydrogens (tertiary/aromatic N) is 3. The lowest BCUT2D eigenvalue weighted by Gasteiger charge is -2.20. The molecule has 0 unspecified atom stereocenters. The summed E-state index contributed by atoms with van der Waals surface area (Å²) in [4.78, 5) is 25.6. The fourth-order valence-corrected chi connectivity index (χ4v) is 3.38. The number of fused-ring (bicyclic) bond motifs is 1. The van der Waals surface area contributed by atoms with Crippen LogP contribution >= 0.6 is 0 Å². The van der Waals surface area contributed by atoms with Gasteiger partial charge in [0.25, 0.3) is 5.91 Å². The van der Waals surface area contributed by atoms with Gasteiger partial charge in [-0.2, -0.15) is 17.9 Å². The van der Waals surface area contributed by atoms with E-state index >= 15 is 4.39 Å². The number of nitrogens with one attached hydrogen (secondary N) is 1. The summed E-state index contributed by atoms with van der Waals surface area (Å²) in [6.07, 6.45) is -7.06. The Labute approximate surface area is 190 Å². The van der Waals surface area contributed by atoms with Crippen molar-refractivity contribution in [1.29, 1.82) is 0 Å². The Morgan fingerprint density at radius 2 is 2.00 bits per heavy atom. The highest BCUT2D eigenvalue weighted by atomic mass is 19.4. The van der Waals surface area contributed by atoms with Crippen LogP contribution in [0.1, 0.15) is 28.7 Å². The van der Waals surface area contributed by atoms with Gasteiger partial charge in [-0.3, -0.25) is 9.36 Å². The highest BCUT2D eigenvalue weighted by molar-refractivity contribution is 6.06. The predicted octanol–water partition coefficient (Wildman–Crippen LogP) is 3.59. The van der Waals surface area contributed by atoms with Crippen LogP contribution in [0.15, 0.2) is 41.2 Å². The third kappa shape index (κ3) is 4.53. The van der Waals surface area contributed by atoms with E-state index in [1.54, 1.807) is 31.2 Å². The van der Waals surface area contributed by atoms with Gasteiger partial charge in [-0.25, -0.2) is 9.18 Å². The maximum Gasteiger partial charge on any atom is 0.425 e. The smallest absolute Gasteiger partial charge is 0.425 e. The first kappa shape index (κ1) is 23.5. The zero-order valence-corrected chi connectivity index (χ0v) is 18.1. The van der Waals surface area contributed by atoms with Crippen LogP contribution in [-0.2, 0) is 17.9 Å². The number of anilines is 1. The lowest BCUT2D eigenvalue weighted by molar-refractivity contribution is -0.189. The van der Waals surface area contributed by atoms with E-state index in [1.807, 2.05) is 0 Å². The van der Waals surface area contributed by atoms with Gasteiger partial charge in [0.15, 0.2) is 11.9 Å². The maximum atomic E-state index is 15.1. The van der Waals surface area contributed by atoms with Crippen LogP contribution in [0.2, 0.25) is 0 Å². The van der Waals surface area contributed by atoms with E-state index in [0.717, 1.165) is 19.1 Å². The minimum absolute atomic E-state index is 0.0231. The van der Waals surface area contributed by atoms with Crippen LogP contribution in [0.4, 0.5) is 23.2 Å². The van der Waals surface area contributed by atoms with Gasteiger partial charge in [0.1, 0.15) is 23.9 Å². The molecule has 0 radical (unpaired) electrons. The van der Waals surface area contributed by atoms with Gasteiger partial charge in [-0.1, -0.05) is 18.2 Å². The van der Waals surface area contributed by atoms with Gasteiger partial charge < -0.3 is 14.8 Å². The second-order valence-corrected chi connectivity index (χ2v) is 7.69. The SMILES string of the molecule is Cc1ccccc1NC(=O)c1cc(F)c(-n2nc3n(c2=O)CCOC3)cc1O[C@@H](C)C(F)(F)F. The summed E-state index contributed by atoms with van der Waals surface area (Å²) in [5.41, 5.74) is -0.532. The lowest BCUT2D eigenvalue weighted by Crippen LogP contribution is -2.32. The number of para-hydroxylation sites is 1. The molecule has 0 saturated heterocycles. The van der Waals surface area contributed by atoms with E-state index < -0.39 is 46.7 Å². The molecule has 0 bridgehead atoms. The number of rotatable bonds is 5. The highest BCUT2D eigenvalue weighted by Gasteiger charge is 2.39. The highest BCUT2D eigenvalue weighted by Crippen LogP contribution is 2.31. The fourth-order valence-electron chi connectivity index (χ4n) is 3.38. The van der Waals surface area contributed by atoms with E-state index in [-0.39, 0.29) is 25.6 Å². The molecule has 2 aromatic carbocycles. The average molecular weight is 480 g/mol. The Balaban J connectivity index is 1.79. The summed E-state index contributed by atoms with van der Waals surface area (Å²) < 4.78 is 67.0. The molecule has 3 aromatic rings. The maximum absolute atomic E-state index is 15.1. The molecule has 12 heteroatoms. The standard InChI is InChI=1S/C22H20F4N4O4/c1-12-5-3-4-6-16(12)27-20(31)14-9-15(23)17(10-18(14)34-13(2)22(24,25)26)30-21(32)29-7-8-33-11-19(29)28-30/h3-6,9-10,13H,7-8,11H2,1-2H3,(H,27,31)/t13-/m0/s1. The molecule has 0 fully saturated rings. The number of aryl methyl sites for hydroxylation is 1. The summed E-state index contributed by atoms with van der Waals surface area (Å²) in [7, 11) is 0. The zero-order chi connectivity index (χ0) is 24.6. The van der Waals surface area contributed by atoms with Gasteiger partial charge >= 0.3 is 11.9 Å². The van der Waals surface area contributed by atoms with Crippen LogP contribution in [0.25, 0.3) is 5.69 Å². The number of amides is 1. The van der Waals surface area contributed by atoms with Crippen LogP contribution in [0.3, 0.4) is 0 Å². The van der Waals surface area contributed by atoms with Crippen molar-refractivity contribution < 1.29 is 31.8 Å². The van der Waals surface area contributed by atoms with Crippen LogP contribution in [-0.4, -0.2) is 39.1 Å². The van der Waals surface area contributed by atoms with Gasteiger partial charge in [-0.15, -0.1) is 5.10 Å². The fraction of sp³-hybridized carbons (Fsp3) is 0.318. The molecule has 0 aliphatic carbocycles. The second kappa shape index (κ2) is 8.93. The molecule has 0 saturated carbocycles. The van der Waals surface area contributed by atoms with Crippen molar-refractivity contribution in [2.75, 3.05) is 11.9 Å². The van der Waals surface area contributed by atoms with Gasteiger partial charge in [-0.05, 0) is 31.5 Å². The van der Waals surface area contributed by atoms with Crippen molar-refractivity contribution in [3.8, 4) is 11.4 Å². The Kier molecular flexibility index (Phi) is 6.17. The predicted molar refractivity (Wildman–Crippen MR) is 113 cm³/mol. The second-order valence-electron chi connectivity index (χ2n) is 7.69. The first-order chi connectivity index (χ1) is 16.1. The van der Waals surface area contributed by atoms with Crippen molar-refractivity contribution in [3.63, 3.8) is 0 Å². The van der Waals surface area contributed by atoms with Crippen LogP contribution in [0, 0.1) is 12.7 Å². The average Bonchev–Trinajstić information content (AvgIpc) is 3.12. The minimum Gasteiger partial charge on any atom is -0.480 e. The van der Waals surface area contributed by atoms with Crippen molar-refractivity contribution in [1.82, 2.24) is 14.3 Å². The Morgan fingerprint density at radius 3 is 2.68 bits per heavy atom. The van der Waals surface area contributed by atoms with E-state index in [1.165, 1.54) is 4.57 Å². The number of alkyl halides is 3. The molecule has 1 amide bonds. The first-order valence-corrected chi connectivity index (χ1v) is 10.3. The molecule has 4 rings (SSSR count). The van der Waals surface area contributed by atoms with Crippen molar-refractivity contribution in [2.45, 2.75) is 39.3 Å². The van der Waals surface area contributed by atoms with E-state index in [2.05, 4.69) is 10.4 Å². The van der Waals surface area contributed by atoms with Gasteiger partial charge in [0.2, 0.25) is 0 Å². The van der Waals surface area contributed by atoms with E-state index in [4.69, 9.17) is 9.47 Å². The molecule has 180 valence electrons. The minimum atomic E-state index is -4.75. The summed E-state index contributed by atoms with van der Waals surface area (Å²) in [6.45, 7) is 2.96. The van der Waals surface area contributed by atoms with Crippen molar-refractivity contribution >= 4 is 11.6 Å². The van der Waals surface area contributed by atoms with Crippen molar-refractivity contribution in [2.24, 2.45) is 0 Å². The molecule has 2 heterocycles. The summed E-state index contributed by atoms with van der Waals surface area (Å²) >= 11 is 0. The molecule has 34 heavy (non-hydrogen) atoms. The zero-order valence-electron chi connectivity index (χ0n) is 18.1. The molecular weight excluding hydrogens is 460 g/mol. The Bertz CT molecular complexity index is 1300. The van der Waals surface area contributed by atoms with Crippen LogP contribution in [0.5, 0.6) is 5.75 Å². The molecule has 1 aliphatic rings. The molecule has 1 N–H and O–H groups in total. The van der Waals surface area contributed by atoms with E-state index in [0.29, 0.717) is 15.9 Å². The number of aromatic nitrogens is 3. The Morgan fingerprint density at radius 1 is 1.26 bits per heavy atom. The number of ether oxygens (including phenoxy) is 2. The third-order valence-electron chi connectivity index (χ3n) is 5.31. The summed E-state index contributed by atoms with van der Waals surface area (Å²) in [6, 6.07) is 8.31. The number of benzene rings is 2. The summed E-state index contributed by atoms with van der Waals surface area (Å²) in [5.74, 6) is -2.24.